The van der Waals surface area contributed by atoms with E-state index in [9.17, 15) is 18.0 Å². The molecule has 0 bridgehead atoms. The zero-order chi connectivity index (χ0) is 23.0. The molecule has 5 nitrogen and oxygen atoms in total. The number of thiophene rings is 1. The van der Waals surface area contributed by atoms with Gasteiger partial charge in [-0.1, -0.05) is 41.2 Å². The minimum atomic E-state index is -4.74. The minimum absolute atomic E-state index is 0.118. The number of carbonyl (C=O) groups is 1. The fourth-order valence-electron chi connectivity index (χ4n) is 3.90. The van der Waals surface area contributed by atoms with Crippen molar-refractivity contribution in [3.63, 3.8) is 0 Å². The molecule has 0 spiro atoms. The van der Waals surface area contributed by atoms with Crippen LogP contribution in [0.25, 0.3) is 0 Å². The molecule has 1 amide bonds. The third-order valence-electron chi connectivity index (χ3n) is 5.33. The molecule has 1 N–H and O–H groups in total. The van der Waals surface area contributed by atoms with E-state index in [4.69, 9.17) is 34.8 Å². The quantitative estimate of drug-likeness (QED) is 0.508. The molecule has 2 aromatic rings. The zero-order valence-corrected chi connectivity index (χ0v) is 19.6. The molecule has 1 aromatic carbocycles. The maximum atomic E-state index is 14.4. The van der Waals surface area contributed by atoms with Crippen molar-refractivity contribution in [1.29, 1.82) is 0 Å². The van der Waals surface area contributed by atoms with Gasteiger partial charge >= 0.3 is 6.18 Å². The van der Waals surface area contributed by atoms with Crippen LogP contribution in [0.3, 0.4) is 0 Å². The highest BCUT2D eigenvalue weighted by molar-refractivity contribution is 7.16. The minimum Gasteiger partial charge on any atom is -0.284 e. The molecular weight excluding hydrogens is 508 g/mol. The molecule has 0 saturated carbocycles. The smallest absolute Gasteiger partial charge is 0.284 e. The maximum Gasteiger partial charge on any atom is 0.399 e. The van der Waals surface area contributed by atoms with Crippen molar-refractivity contribution in [2.24, 2.45) is 11.0 Å². The van der Waals surface area contributed by atoms with Crippen LogP contribution in [0.1, 0.15) is 30.2 Å². The molecule has 32 heavy (non-hydrogen) atoms. The number of alkyl halides is 3. The van der Waals surface area contributed by atoms with Gasteiger partial charge in [-0.2, -0.15) is 18.3 Å². The van der Waals surface area contributed by atoms with Gasteiger partial charge in [-0.15, -0.1) is 11.3 Å². The monoisotopic (exact) mass is 524 g/mol. The van der Waals surface area contributed by atoms with Gasteiger partial charge in [0, 0.05) is 23.0 Å². The van der Waals surface area contributed by atoms with E-state index in [-0.39, 0.29) is 10.7 Å². The van der Waals surface area contributed by atoms with Crippen LogP contribution in [0.4, 0.5) is 18.9 Å². The second-order valence-corrected chi connectivity index (χ2v) is 10.1. The van der Waals surface area contributed by atoms with E-state index in [0.717, 1.165) is 35.6 Å². The predicted octanol–water partition coefficient (Wildman–Crippen LogP) is 6.32. The lowest BCUT2D eigenvalue weighted by Gasteiger charge is -2.30. The third-order valence-corrected chi connectivity index (χ3v) is 7.17. The number of hydrazine groups is 1. The van der Waals surface area contributed by atoms with Gasteiger partial charge < -0.3 is 0 Å². The number of anilines is 1. The second-order valence-electron chi connectivity index (χ2n) is 7.52. The molecule has 1 aromatic heterocycles. The number of piperidine rings is 1. The van der Waals surface area contributed by atoms with Crippen LogP contribution in [0.15, 0.2) is 35.4 Å². The van der Waals surface area contributed by atoms with Gasteiger partial charge in [0.05, 0.1) is 15.0 Å². The van der Waals surface area contributed by atoms with Crippen LogP contribution in [-0.4, -0.2) is 35.9 Å². The van der Waals surface area contributed by atoms with Crippen LogP contribution >= 0.6 is 46.1 Å². The van der Waals surface area contributed by atoms with Crippen molar-refractivity contribution in [3.8, 4) is 0 Å². The highest BCUT2D eigenvalue weighted by Gasteiger charge is 2.57. The number of rotatable bonds is 4. The Kier molecular flexibility index (Phi) is 6.93. The van der Waals surface area contributed by atoms with E-state index in [0.29, 0.717) is 27.3 Å². The lowest BCUT2D eigenvalue weighted by molar-refractivity contribution is -0.160. The molecular formula is C20H18Cl3F3N4OS. The van der Waals surface area contributed by atoms with Gasteiger partial charge in [0.15, 0.2) is 0 Å². The van der Waals surface area contributed by atoms with E-state index < -0.39 is 29.8 Å². The Morgan fingerprint density at radius 2 is 1.81 bits per heavy atom. The van der Waals surface area contributed by atoms with Crippen molar-refractivity contribution < 1.29 is 18.0 Å². The molecule has 1 fully saturated rings. The number of halogens is 6. The fourth-order valence-corrected chi connectivity index (χ4v) is 5.58. The second kappa shape index (κ2) is 9.38. The van der Waals surface area contributed by atoms with Crippen LogP contribution in [0, 0.1) is 5.92 Å². The van der Waals surface area contributed by atoms with E-state index in [2.05, 4.69) is 10.5 Å². The van der Waals surface area contributed by atoms with E-state index in [1.54, 1.807) is 5.01 Å². The summed E-state index contributed by atoms with van der Waals surface area (Å²) in [6.45, 7) is 1.15. The summed E-state index contributed by atoms with van der Waals surface area (Å²) in [4.78, 5) is 13.3. The van der Waals surface area contributed by atoms with Crippen LogP contribution < -0.4 is 10.4 Å². The number of amides is 1. The molecule has 3 heterocycles. The van der Waals surface area contributed by atoms with E-state index in [1.165, 1.54) is 30.3 Å². The Balaban J connectivity index is 1.78. The van der Waals surface area contributed by atoms with Gasteiger partial charge in [0.2, 0.25) is 0 Å². The Morgan fingerprint density at radius 1 is 1.09 bits per heavy atom. The molecule has 1 saturated heterocycles. The first-order valence-corrected chi connectivity index (χ1v) is 11.8. The van der Waals surface area contributed by atoms with Crippen LogP contribution in [0.2, 0.25) is 14.4 Å². The molecule has 0 radical (unpaired) electrons. The number of hydrazone groups is 1. The van der Waals surface area contributed by atoms with Crippen molar-refractivity contribution >= 4 is 63.4 Å². The fraction of sp³-hybridized carbons (Fsp3) is 0.400. The van der Waals surface area contributed by atoms with E-state index >= 15 is 0 Å². The average Bonchev–Trinajstić information content (AvgIpc) is 3.32. The van der Waals surface area contributed by atoms with E-state index in [1.807, 2.05) is 0 Å². The molecule has 2 atom stereocenters. The number of hydrogen-bond acceptors (Lipinski definition) is 5. The van der Waals surface area contributed by atoms with Crippen molar-refractivity contribution in [1.82, 2.24) is 10.4 Å². The zero-order valence-electron chi connectivity index (χ0n) is 16.5. The normalized spacial score (nSPS) is 22.2. The topological polar surface area (TPSA) is 47.9 Å². The van der Waals surface area contributed by atoms with Gasteiger partial charge in [-0.3, -0.25) is 15.2 Å². The molecule has 4 rings (SSSR count). The van der Waals surface area contributed by atoms with Crippen LogP contribution in [0.5, 0.6) is 0 Å². The van der Waals surface area contributed by atoms with Crippen molar-refractivity contribution in [2.45, 2.75) is 31.5 Å². The summed E-state index contributed by atoms with van der Waals surface area (Å²) in [6, 6.07) is 6.09. The van der Waals surface area contributed by atoms with Crippen molar-refractivity contribution in [2.75, 3.05) is 18.1 Å². The Bertz CT molecular complexity index is 1040. The molecule has 2 aliphatic rings. The average molecular weight is 526 g/mol. The lowest BCUT2D eigenvalue weighted by atomic mass is 9.92. The van der Waals surface area contributed by atoms with Gasteiger partial charge in [-0.25, -0.2) is 5.01 Å². The lowest BCUT2D eigenvalue weighted by Crippen LogP contribution is -2.50. The maximum absolute atomic E-state index is 14.4. The molecule has 172 valence electrons. The van der Waals surface area contributed by atoms with Gasteiger partial charge in [0.25, 0.3) is 5.91 Å². The number of benzene rings is 1. The standard InChI is InChI=1S/C20H18Cl3F3N4OS/c21-11-4-5-13(12(22)10-11)30-18(14-6-7-15(23)32-14)16(20(24,25)26)17(27-30)19(31)28-29-8-2-1-3-9-29/h4-7,10,16,18H,1-3,8-9H2,(H,28,31). The third kappa shape index (κ3) is 4.87. The number of nitrogens with zero attached hydrogens (tertiary/aromatic N) is 3. The molecule has 2 aliphatic heterocycles. The summed E-state index contributed by atoms with van der Waals surface area (Å²) in [6.07, 6.45) is -2.01. The first-order valence-electron chi connectivity index (χ1n) is 9.86. The highest BCUT2D eigenvalue weighted by atomic mass is 35.5. The summed E-state index contributed by atoms with van der Waals surface area (Å²) in [5, 5.41) is 7.38. The first kappa shape index (κ1) is 23.6. The van der Waals surface area contributed by atoms with Gasteiger partial charge in [-0.05, 0) is 43.2 Å². The summed E-state index contributed by atoms with van der Waals surface area (Å²) in [7, 11) is 0. The molecule has 12 heteroatoms. The van der Waals surface area contributed by atoms with Crippen LogP contribution in [-0.2, 0) is 4.79 Å². The van der Waals surface area contributed by atoms with Gasteiger partial charge in [0.1, 0.15) is 17.7 Å². The molecule has 0 aliphatic carbocycles. The summed E-state index contributed by atoms with van der Waals surface area (Å²) in [5.74, 6) is -3.05. The molecule has 2 unspecified atom stereocenters. The number of nitrogens with one attached hydrogen (secondary N) is 1. The highest BCUT2D eigenvalue weighted by Crippen LogP contribution is 2.50. The largest absolute Gasteiger partial charge is 0.399 e. The SMILES string of the molecule is O=C(NN1CCCCC1)C1=NN(c2ccc(Cl)cc2Cl)C(c2ccc(Cl)s2)C1C(F)(F)F. The number of carbonyl (C=O) groups excluding carboxylic acids is 1. The summed E-state index contributed by atoms with van der Waals surface area (Å²) < 4.78 is 43.4. The Hall–Kier alpha value is -1.52. The summed E-state index contributed by atoms with van der Waals surface area (Å²) >= 11 is 19.3. The predicted molar refractivity (Wildman–Crippen MR) is 122 cm³/mol. The first-order chi connectivity index (χ1) is 15.1. The Labute approximate surface area is 201 Å². The Morgan fingerprint density at radius 3 is 2.41 bits per heavy atom. The summed E-state index contributed by atoms with van der Waals surface area (Å²) in [5.41, 5.74) is 2.18. The number of hydrogen-bond donors (Lipinski definition) is 1. The van der Waals surface area contributed by atoms with Crippen molar-refractivity contribution in [3.05, 3.63) is 49.6 Å².